The first-order chi connectivity index (χ1) is 40.0. The minimum absolute atomic E-state index is 0.00467. The first-order valence-corrected chi connectivity index (χ1v) is 37.5. The molecule has 3 unspecified atom stereocenters. The molecule has 0 aromatic carbocycles. The molecule has 2 N–H and O–H groups in total. The second kappa shape index (κ2) is 63.9. The van der Waals surface area contributed by atoms with Gasteiger partial charge in [0.2, 0.25) is 5.91 Å². The minimum Gasteiger partial charge on any atom is -0.756 e. The molecule has 82 heavy (non-hydrogen) atoms. The maximum absolute atomic E-state index is 13.0. The first-order valence-electron chi connectivity index (χ1n) is 36.0. The summed E-state index contributed by atoms with van der Waals surface area (Å²) < 4.78 is 23.4. The van der Waals surface area contributed by atoms with Gasteiger partial charge in [0, 0.05) is 6.42 Å². The molecule has 0 rings (SSSR count). The largest absolute Gasteiger partial charge is 0.756 e. The zero-order valence-electron chi connectivity index (χ0n) is 55.5. The summed E-state index contributed by atoms with van der Waals surface area (Å²) in [5.41, 5.74) is 0. The number of unbranched alkanes of at least 4 members (excludes halogenated alkanes) is 48. The number of phosphoric ester groups is 1. The number of hydrogen-bond donors (Lipinski definition) is 2. The number of quaternary nitrogens is 1. The van der Waals surface area contributed by atoms with Gasteiger partial charge in [-0.3, -0.25) is 9.36 Å². The van der Waals surface area contributed by atoms with Gasteiger partial charge < -0.3 is 28.8 Å². The van der Waals surface area contributed by atoms with Crippen LogP contribution in [0.4, 0.5) is 0 Å². The number of nitrogens with zero attached hydrogens (tertiary/aromatic N) is 1. The lowest BCUT2D eigenvalue weighted by atomic mass is 10.0. The van der Waals surface area contributed by atoms with Crippen molar-refractivity contribution in [2.45, 2.75) is 373 Å². The van der Waals surface area contributed by atoms with Crippen LogP contribution in [-0.2, 0) is 18.4 Å². The summed E-state index contributed by atoms with van der Waals surface area (Å²) in [6, 6.07) is -0.903. The Bertz CT molecular complexity index is 1480. The molecule has 0 aliphatic rings. The van der Waals surface area contributed by atoms with Gasteiger partial charge in [-0.1, -0.05) is 339 Å². The summed E-state index contributed by atoms with van der Waals surface area (Å²) in [6.45, 7) is 4.66. The third-order valence-corrected chi connectivity index (χ3v) is 17.5. The smallest absolute Gasteiger partial charge is 0.268 e. The summed E-state index contributed by atoms with van der Waals surface area (Å²) in [5, 5.41) is 13.9. The van der Waals surface area contributed by atoms with Crippen LogP contribution in [0.1, 0.15) is 361 Å². The molecule has 0 heterocycles. The van der Waals surface area contributed by atoms with Crippen molar-refractivity contribution in [3.05, 3.63) is 48.6 Å². The van der Waals surface area contributed by atoms with Crippen LogP contribution in [0.2, 0.25) is 0 Å². The fraction of sp³-hybridized carbons (Fsp3) is 0.877. The number of amides is 1. The molecule has 0 saturated heterocycles. The fourth-order valence-electron chi connectivity index (χ4n) is 10.9. The van der Waals surface area contributed by atoms with Crippen molar-refractivity contribution < 1.29 is 32.9 Å². The number of nitrogens with one attached hydrogen (secondary N) is 1. The van der Waals surface area contributed by atoms with E-state index < -0.39 is 20.0 Å². The Kier molecular flexibility index (Phi) is 62.7. The molecule has 0 aromatic heterocycles. The predicted octanol–water partition coefficient (Wildman–Crippen LogP) is 22.4. The summed E-state index contributed by atoms with van der Waals surface area (Å²) in [6.07, 6.45) is 86.9. The van der Waals surface area contributed by atoms with Crippen LogP contribution in [0.3, 0.4) is 0 Å². The molecule has 3 atom stereocenters. The average molecular weight is 1170 g/mol. The number of aliphatic hydroxyl groups excluding tert-OH is 1. The summed E-state index contributed by atoms with van der Waals surface area (Å²) >= 11 is 0. The first kappa shape index (κ1) is 80.5. The maximum atomic E-state index is 13.0. The Morgan fingerprint density at radius 3 is 1.06 bits per heavy atom. The topological polar surface area (TPSA) is 108 Å². The number of allylic oxidation sites excluding steroid dienone is 7. The van der Waals surface area contributed by atoms with Crippen LogP contribution in [0.15, 0.2) is 48.6 Å². The van der Waals surface area contributed by atoms with Crippen molar-refractivity contribution in [2.75, 3.05) is 40.9 Å². The Hall–Kier alpha value is -1.54. The molecule has 0 spiro atoms. The van der Waals surface area contributed by atoms with Crippen LogP contribution in [-0.4, -0.2) is 68.5 Å². The molecule has 1 amide bonds. The highest BCUT2D eigenvalue weighted by molar-refractivity contribution is 7.45. The highest BCUT2D eigenvalue weighted by Crippen LogP contribution is 2.38. The second-order valence-corrected chi connectivity index (χ2v) is 27.3. The van der Waals surface area contributed by atoms with Crippen LogP contribution in [0, 0.1) is 0 Å². The normalized spacial score (nSPS) is 13.9. The fourth-order valence-corrected chi connectivity index (χ4v) is 11.6. The number of aliphatic hydroxyl groups is 1. The third kappa shape index (κ3) is 66.0. The van der Waals surface area contributed by atoms with E-state index in [0.717, 1.165) is 44.9 Å². The van der Waals surface area contributed by atoms with Crippen molar-refractivity contribution in [1.29, 1.82) is 0 Å². The molecular formula is C73H141N2O6P. The van der Waals surface area contributed by atoms with Gasteiger partial charge in [-0.05, 0) is 64.2 Å². The van der Waals surface area contributed by atoms with Gasteiger partial charge in [-0.15, -0.1) is 0 Å². The molecule has 0 bridgehead atoms. The number of phosphoric acid groups is 1. The van der Waals surface area contributed by atoms with E-state index in [1.54, 1.807) is 6.08 Å². The summed E-state index contributed by atoms with van der Waals surface area (Å²) in [4.78, 5) is 25.6. The van der Waals surface area contributed by atoms with E-state index in [1.807, 2.05) is 27.2 Å². The minimum atomic E-state index is -4.61. The van der Waals surface area contributed by atoms with Crippen molar-refractivity contribution >= 4 is 13.7 Å². The molecular weight excluding hydrogens is 1030 g/mol. The van der Waals surface area contributed by atoms with Crippen molar-refractivity contribution in [2.24, 2.45) is 0 Å². The van der Waals surface area contributed by atoms with E-state index in [0.29, 0.717) is 17.4 Å². The highest BCUT2D eigenvalue weighted by atomic mass is 31.2. The Morgan fingerprint density at radius 2 is 0.720 bits per heavy atom. The van der Waals surface area contributed by atoms with Gasteiger partial charge in [0.15, 0.2) is 0 Å². The quantitative estimate of drug-likeness (QED) is 0.0272. The van der Waals surface area contributed by atoms with Crippen LogP contribution in [0.25, 0.3) is 0 Å². The number of rotatable bonds is 67. The molecule has 0 aromatic rings. The van der Waals surface area contributed by atoms with Crippen molar-refractivity contribution in [3.8, 4) is 0 Å². The van der Waals surface area contributed by atoms with E-state index in [2.05, 4.69) is 55.6 Å². The van der Waals surface area contributed by atoms with Gasteiger partial charge in [-0.25, -0.2) is 0 Å². The lowest BCUT2D eigenvalue weighted by Gasteiger charge is -2.29. The standard InChI is InChI=1S/C73H141N2O6P/c1-6-8-10-12-14-16-18-20-22-24-26-27-28-29-30-31-32-33-34-35-36-37-38-39-40-41-42-43-44-45-46-47-49-51-53-55-57-59-61-63-65-67-73(77)74-71(70-81-82(78,79)80-69-68-75(3,4)5)72(76)66-64-62-60-58-56-54-52-50-48-25-23-21-19-17-15-13-11-9-7-2/h18,20,24,26,56,58,64,66,71-72,76H,6-17,19,21-23,25,27-55,57,59-63,65,67-70H2,1-5H3,(H-,74,77,78,79)/b20-18-,26-24-,58-56+,66-64+. The van der Waals surface area contributed by atoms with Crippen LogP contribution < -0.4 is 10.2 Å². The van der Waals surface area contributed by atoms with Crippen LogP contribution >= 0.6 is 7.82 Å². The van der Waals surface area contributed by atoms with Crippen molar-refractivity contribution in [3.63, 3.8) is 0 Å². The van der Waals surface area contributed by atoms with E-state index >= 15 is 0 Å². The molecule has 0 aliphatic heterocycles. The zero-order chi connectivity index (χ0) is 59.8. The number of hydrogen-bond acceptors (Lipinski definition) is 6. The van der Waals surface area contributed by atoms with Gasteiger partial charge in [0.05, 0.1) is 39.9 Å². The average Bonchev–Trinajstić information content (AvgIpc) is 3.47. The summed E-state index contributed by atoms with van der Waals surface area (Å²) in [7, 11) is 1.26. The lowest BCUT2D eigenvalue weighted by molar-refractivity contribution is -0.870. The molecule has 8 nitrogen and oxygen atoms in total. The number of likely N-dealkylation sites (N-methyl/N-ethyl adjacent to an activating group) is 1. The van der Waals surface area contributed by atoms with Crippen LogP contribution in [0.5, 0.6) is 0 Å². The zero-order valence-corrected chi connectivity index (χ0v) is 56.4. The summed E-state index contributed by atoms with van der Waals surface area (Å²) in [5.74, 6) is -0.200. The Balaban J connectivity index is 3.91. The second-order valence-electron chi connectivity index (χ2n) is 25.9. The van der Waals surface area contributed by atoms with E-state index in [4.69, 9.17) is 9.05 Å². The molecule has 0 fully saturated rings. The van der Waals surface area contributed by atoms with Gasteiger partial charge >= 0.3 is 0 Å². The van der Waals surface area contributed by atoms with Gasteiger partial charge in [0.1, 0.15) is 13.2 Å². The third-order valence-electron chi connectivity index (χ3n) is 16.5. The molecule has 0 aliphatic carbocycles. The number of carbonyl (C=O) groups is 1. The molecule has 484 valence electrons. The van der Waals surface area contributed by atoms with E-state index in [9.17, 15) is 19.4 Å². The van der Waals surface area contributed by atoms with Gasteiger partial charge in [-0.2, -0.15) is 0 Å². The van der Waals surface area contributed by atoms with Gasteiger partial charge in [0.25, 0.3) is 7.82 Å². The van der Waals surface area contributed by atoms with E-state index in [-0.39, 0.29) is 19.1 Å². The SMILES string of the molecule is CCCCCCC/C=C\C/C=C\CCCCCCCCCCCCCCCCCCCCCCCCCCCCCCCC(=O)NC(COP(=O)([O-])OCC[N+](C)(C)C)C(O)/C=C/CC/C=C/CCCCCCCCCCCCCCC. The predicted molar refractivity (Wildman–Crippen MR) is 358 cm³/mol. The lowest BCUT2D eigenvalue weighted by Crippen LogP contribution is -2.45. The van der Waals surface area contributed by atoms with Crippen molar-refractivity contribution in [1.82, 2.24) is 5.32 Å². The monoisotopic (exact) mass is 1170 g/mol. The molecule has 9 heteroatoms. The maximum Gasteiger partial charge on any atom is 0.268 e. The Morgan fingerprint density at radius 1 is 0.427 bits per heavy atom. The van der Waals surface area contributed by atoms with E-state index in [1.165, 1.54) is 295 Å². The molecule has 0 saturated carbocycles. The Labute approximate surface area is 511 Å². The highest BCUT2D eigenvalue weighted by Gasteiger charge is 2.23. The molecule has 0 radical (unpaired) electrons. The number of carbonyl (C=O) groups excluding carboxylic acids is 1.